The number of benzene rings is 1. The zero-order valence-electron chi connectivity index (χ0n) is 14.3. The summed E-state index contributed by atoms with van der Waals surface area (Å²) in [6, 6.07) is 10.5. The predicted molar refractivity (Wildman–Crippen MR) is 92.0 cm³/mol. The molecule has 1 aromatic carbocycles. The Kier molecular flexibility index (Phi) is 6.63. The van der Waals surface area contributed by atoms with Crippen LogP contribution in [0, 0.1) is 5.92 Å². The molecule has 1 N–H and O–H groups in total. The van der Waals surface area contributed by atoms with Crippen LogP contribution in [0.15, 0.2) is 30.3 Å². The van der Waals surface area contributed by atoms with Crippen LogP contribution in [0.1, 0.15) is 45.1 Å². The molecular formula is C19H28N2O2. The predicted octanol–water partition coefficient (Wildman–Crippen LogP) is 2.77. The van der Waals surface area contributed by atoms with Crippen LogP contribution < -0.4 is 5.32 Å². The number of nitrogens with zero attached hydrogens (tertiary/aromatic N) is 1. The number of amides is 2. The van der Waals surface area contributed by atoms with Gasteiger partial charge in [0.1, 0.15) is 0 Å². The molecule has 0 radical (unpaired) electrons. The molecule has 2 atom stereocenters. The van der Waals surface area contributed by atoms with E-state index in [2.05, 4.69) is 29.6 Å². The second-order valence-electron chi connectivity index (χ2n) is 6.60. The van der Waals surface area contributed by atoms with Gasteiger partial charge in [0.25, 0.3) is 0 Å². The van der Waals surface area contributed by atoms with Gasteiger partial charge in [0.05, 0.1) is 0 Å². The fourth-order valence-corrected chi connectivity index (χ4v) is 3.27. The van der Waals surface area contributed by atoms with E-state index in [0.717, 1.165) is 38.6 Å². The molecule has 1 aliphatic heterocycles. The number of rotatable bonds is 6. The van der Waals surface area contributed by atoms with E-state index in [9.17, 15) is 9.59 Å². The van der Waals surface area contributed by atoms with Gasteiger partial charge in [-0.3, -0.25) is 9.59 Å². The van der Waals surface area contributed by atoms with E-state index in [1.807, 2.05) is 17.9 Å². The Morgan fingerprint density at radius 3 is 2.74 bits per heavy atom. The van der Waals surface area contributed by atoms with Gasteiger partial charge in [-0.15, -0.1) is 0 Å². The van der Waals surface area contributed by atoms with E-state index in [1.54, 1.807) is 0 Å². The minimum Gasteiger partial charge on any atom is -0.352 e. The largest absolute Gasteiger partial charge is 0.352 e. The third kappa shape index (κ3) is 5.70. The number of piperidine rings is 1. The molecule has 2 rings (SSSR count). The maximum absolute atomic E-state index is 12.6. The van der Waals surface area contributed by atoms with Gasteiger partial charge in [-0.05, 0) is 37.7 Å². The topological polar surface area (TPSA) is 49.4 Å². The lowest BCUT2D eigenvalue weighted by atomic mass is 9.98. The molecule has 0 aliphatic carbocycles. The number of carbonyl (C=O) groups is 2. The Hall–Kier alpha value is -1.84. The molecule has 23 heavy (non-hydrogen) atoms. The number of likely N-dealkylation sites (tertiary alicyclic amines) is 1. The van der Waals surface area contributed by atoms with Gasteiger partial charge in [-0.25, -0.2) is 0 Å². The number of hydrogen-bond acceptors (Lipinski definition) is 2. The summed E-state index contributed by atoms with van der Waals surface area (Å²) >= 11 is 0. The summed E-state index contributed by atoms with van der Waals surface area (Å²) in [6.07, 6.45) is 4.89. The second-order valence-corrected chi connectivity index (χ2v) is 6.60. The molecular weight excluding hydrogens is 288 g/mol. The lowest BCUT2D eigenvalue weighted by molar-refractivity contribution is -0.137. The highest BCUT2D eigenvalue weighted by Gasteiger charge is 2.26. The Labute approximate surface area is 139 Å². The number of nitrogens with one attached hydrogen (secondary N) is 1. The lowest BCUT2D eigenvalue weighted by Gasteiger charge is -2.34. The van der Waals surface area contributed by atoms with Crippen molar-refractivity contribution in [2.75, 3.05) is 13.1 Å². The van der Waals surface area contributed by atoms with Crippen molar-refractivity contribution in [2.24, 2.45) is 5.92 Å². The van der Waals surface area contributed by atoms with Crippen LogP contribution in [0.4, 0.5) is 0 Å². The van der Waals surface area contributed by atoms with Gasteiger partial charge in [-0.1, -0.05) is 37.3 Å². The Bertz CT molecular complexity index is 515. The SMILES string of the molecule is CC(=O)N[C@@H]1CCCN(C(=O)[C@H](C)CCCc2ccccc2)C1. The van der Waals surface area contributed by atoms with Crippen LogP contribution in [-0.2, 0) is 16.0 Å². The molecule has 0 bridgehead atoms. The first-order valence-electron chi connectivity index (χ1n) is 8.66. The summed E-state index contributed by atoms with van der Waals surface area (Å²) < 4.78 is 0. The van der Waals surface area contributed by atoms with Gasteiger partial charge in [0, 0.05) is 32.0 Å². The smallest absolute Gasteiger partial charge is 0.225 e. The fraction of sp³-hybridized carbons (Fsp3) is 0.579. The standard InChI is InChI=1S/C19H28N2O2/c1-15(8-6-11-17-9-4-3-5-10-17)19(23)21-13-7-12-18(14-21)20-16(2)22/h3-5,9-10,15,18H,6-8,11-14H2,1-2H3,(H,20,22)/t15-,18-/m1/s1. The Morgan fingerprint density at radius 1 is 1.30 bits per heavy atom. The molecule has 0 saturated carbocycles. The third-order valence-corrected chi connectivity index (χ3v) is 4.51. The van der Waals surface area contributed by atoms with Crippen molar-refractivity contribution in [3.63, 3.8) is 0 Å². The highest BCUT2D eigenvalue weighted by Crippen LogP contribution is 2.17. The Morgan fingerprint density at radius 2 is 2.04 bits per heavy atom. The van der Waals surface area contributed by atoms with E-state index >= 15 is 0 Å². The van der Waals surface area contributed by atoms with Crippen LogP contribution in [0.2, 0.25) is 0 Å². The monoisotopic (exact) mass is 316 g/mol. The average molecular weight is 316 g/mol. The molecule has 1 saturated heterocycles. The van der Waals surface area contributed by atoms with Crippen molar-refractivity contribution >= 4 is 11.8 Å². The molecule has 1 aliphatic rings. The molecule has 4 heteroatoms. The normalized spacial score (nSPS) is 19.2. The van der Waals surface area contributed by atoms with Crippen LogP contribution in [-0.4, -0.2) is 35.8 Å². The van der Waals surface area contributed by atoms with E-state index in [1.165, 1.54) is 12.5 Å². The van der Waals surface area contributed by atoms with E-state index in [0.29, 0.717) is 6.54 Å². The quantitative estimate of drug-likeness (QED) is 0.877. The van der Waals surface area contributed by atoms with E-state index < -0.39 is 0 Å². The number of aryl methyl sites for hydroxylation is 1. The van der Waals surface area contributed by atoms with Crippen molar-refractivity contribution in [3.8, 4) is 0 Å². The van der Waals surface area contributed by atoms with E-state index in [4.69, 9.17) is 0 Å². The number of hydrogen-bond donors (Lipinski definition) is 1. The first-order chi connectivity index (χ1) is 11.1. The highest BCUT2D eigenvalue weighted by molar-refractivity contribution is 5.79. The molecule has 1 aromatic rings. The van der Waals surface area contributed by atoms with E-state index in [-0.39, 0.29) is 23.8 Å². The average Bonchev–Trinajstić information content (AvgIpc) is 2.54. The molecule has 4 nitrogen and oxygen atoms in total. The number of carbonyl (C=O) groups excluding carboxylic acids is 2. The third-order valence-electron chi connectivity index (χ3n) is 4.51. The second kappa shape index (κ2) is 8.70. The highest BCUT2D eigenvalue weighted by atomic mass is 16.2. The summed E-state index contributed by atoms with van der Waals surface area (Å²) in [7, 11) is 0. The van der Waals surface area contributed by atoms with Gasteiger partial charge < -0.3 is 10.2 Å². The molecule has 1 fully saturated rings. The van der Waals surface area contributed by atoms with Crippen molar-refractivity contribution in [3.05, 3.63) is 35.9 Å². The first kappa shape index (κ1) is 17.5. The summed E-state index contributed by atoms with van der Waals surface area (Å²) in [6.45, 7) is 5.03. The zero-order valence-corrected chi connectivity index (χ0v) is 14.3. The molecule has 0 aromatic heterocycles. The van der Waals surface area contributed by atoms with Gasteiger partial charge in [0.2, 0.25) is 11.8 Å². The maximum atomic E-state index is 12.6. The molecule has 126 valence electrons. The van der Waals surface area contributed by atoms with Gasteiger partial charge in [0.15, 0.2) is 0 Å². The van der Waals surface area contributed by atoms with Crippen LogP contribution in [0.5, 0.6) is 0 Å². The van der Waals surface area contributed by atoms with Gasteiger partial charge >= 0.3 is 0 Å². The van der Waals surface area contributed by atoms with Crippen LogP contribution in [0.25, 0.3) is 0 Å². The lowest BCUT2D eigenvalue weighted by Crippen LogP contribution is -2.50. The molecule has 2 amide bonds. The zero-order chi connectivity index (χ0) is 16.7. The van der Waals surface area contributed by atoms with Gasteiger partial charge in [-0.2, -0.15) is 0 Å². The summed E-state index contributed by atoms with van der Waals surface area (Å²) in [4.78, 5) is 25.7. The minimum absolute atomic E-state index is 0.0137. The first-order valence-corrected chi connectivity index (χ1v) is 8.66. The van der Waals surface area contributed by atoms with Crippen LogP contribution in [0.3, 0.4) is 0 Å². The van der Waals surface area contributed by atoms with Crippen molar-refractivity contribution in [1.29, 1.82) is 0 Å². The Balaban J connectivity index is 1.76. The van der Waals surface area contributed by atoms with Crippen molar-refractivity contribution < 1.29 is 9.59 Å². The van der Waals surface area contributed by atoms with Crippen molar-refractivity contribution in [2.45, 2.75) is 52.0 Å². The maximum Gasteiger partial charge on any atom is 0.225 e. The fourth-order valence-electron chi connectivity index (χ4n) is 3.27. The minimum atomic E-state index is -0.0137. The molecule has 0 unspecified atom stereocenters. The summed E-state index contributed by atoms with van der Waals surface area (Å²) in [5, 5.41) is 2.94. The molecule has 1 heterocycles. The molecule has 0 spiro atoms. The summed E-state index contributed by atoms with van der Waals surface area (Å²) in [5.74, 6) is 0.267. The summed E-state index contributed by atoms with van der Waals surface area (Å²) in [5.41, 5.74) is 1.33. The van der Waals surface area contributed by atoms with Crippen LogP contribution >= 0.6 is 0 Å². The van der Waals surface area contributed by atoms with Crippen molar-refractivity contribution in [1.82, 2.24) is 10.2 Å².